The fraction of sp³-hybridized carbons (Fsp3) is 0.250. The molecule has 1 aliphatic heterocycles. The van der Waals surface area contributed by atoms with E-state index in [-0.39, 0.29) is 23.2 Å². The van der Waals surface area contributed by atoms with Crippen molar-refractivity contribution in [3.8, 4) is 22.5 Å². The summed E-state index contributed by atoms with van der Waals surface area (Å²) in [5, 5.41) is 10.4. The third-order valence-corrected chi connectivity index (χ3v) is 6.42. The van der Waals surface area contributed by atoms with Gasteiger partial charge in [-0.1, -0.05) is 11.6 Å². The molecule has 0 unspecified atom stereocenters. The summed E-state index contributed by atoms with van der Waals surface area (Å²) in [6.07, 6.45) is 1.26. The number of piperidine rings is 1. The first kappa shape index (κ1) is 22.6. The number of nitrogens with two attached hydrogens (primary N) is 1. The Kier molecular flexibility index (Phi) is 5.71. The molecule has 0 saturated carbocycles. The van der Waals surface area contributed by atoms with Gasteiger partial charge >= 0.3 is 0 Å². The number of aromatic amines is 1. The Bertz CT molecular complexity index is 1350. The molecular formula is C24H21ClF3N5O. The number of H-pyrrole nitrogens is 1. The molecule has 4 aromatic rings. The van der Waals surface area contributed by atoms with Gasteiger partial charge in [-0.15, -0.1) is 0 Å². The number of imidazole rings is 1. The number of benzene rings is 2. The largest absolute Gasteiger partial charge is 0.390 e. The molecule has 176 valence electrons. The molecule has 2 aromatic carbocycles. The van der Waals surface area contributed by atoms with Gasteiger partial charge in [0.05, 0.1) is 39.1 Å². The highest BCUT2D eigenvalue weighted by Gasteiger charge is 2.30. The molecule has 4 N–H and O–H groups in total. The molecule has 0 amide bonds. The van der Waals surface area contributed by atoms with E-state index in [1.165, 1.54) is 24.3 Å². The Hall–Kier alpha value is -3.14. The summed E-state index contributed by atoms with van der Waals surface area (Å²) in [4.78, 5) is 14.1. The molecule has 1 aliphatic rings. The van der Waals surface area contributed by atoms with Gasteiger partial charge in [-0.3, -0.25) is 4.98 Å². The summed E-state index contributed by atoms with van der Waals surface area (Å²) in [6, 6.07) is 5.54. The van der Waals surface area contributed by atoms with E-state index in [1.807, 2.05) is 4.90 Å². The smallest absolute Gasteiger partial charge is 0.144 e. The number of β-amino-alcohol motifs (C(OH)–C–C–N with tert-alkyl or cyclic N) is 1. The van der Waals surface area contributed by atoms with Crippen LogP contribution in [-0.2, 0) is 0 Å². The van der Waals surface area contributed by atoms with Crippen molar-refractivity contribution in [3.63, 3.8) is 0 Å². The Labute approximate surface area is 198 Å². The van der Waals surface area contributed by atoms with Crippen molar-refractivity contribution in [2.75, 3.05) is 18.0 Å². The summed E-state index contributed by atoms with van der Waals surface area (Å²) in [5.74, 6) is -1.65. The van der Waals surface area contributed by atoms with Crippen LogP contribution >= 0.6 is 11.6 Å². The third-order valence-electron chi connectivity index (χ3n) is 6.13. The van der Waals surface area contributed by atoms with Gasteiger partial charge in [-0.05, 0) is 37.1 Å². The van der Waals surface area contributed by atoms with Crippen LogP contribution in [0.4, 0.5) is 18.9 Å². The van der Waals surface area contributed by atoms with E-state index in [2.05, 4.69) is 15.0 Å². The predicted molar refractivity (Wildman–Crippen MR) is 125 cm³/mol. The van der Waals surface area contributed by atoms with Crippen molar-refractivity contribution in [3.05, 3.63) is 64.7 Å². The van der Waals surface area contributed by atoms with Crippen molar-refractivity contribution < 1.29 is 18.3 Å². The van der Waals surface area contributed by atoms with Crippen LogP contribution in [0.15, 0.2) is 36.5 Å². The molecule has 6 nitrogen and oxygen atoms in total. The van der Waals surface area contributed by atoms with E-state index >= 15 is 0 Å². The number of pyridine rings is 1. The van der Waals surface area contributed by atoms with Gasteiger partial charge in [0, 0.05) is 43.0 Å². The second kappa shape index (κ2) is 8.57. The number of aryl methyl sites for hydroxylation is 1. The van der Waals surface area contributed by atoms with E-state index in [0.29, 0.717) is 52.3 Å². The molecule has 34 heavy (non-hydrogen) atoms. The summed E-state index contributed by atoms with van der Waals surface area (Å²) < 4.78 is 42.3. The fourth-order valence-electron chi connectivity index (χ4n) is 4.40. The maximum Gasteiger partial charge on any atom is 0.144 e. The Balaban J connectivity index is 1.77. The normalized spacial score (nSPS) is 18.6. The van der Waals surface area contributed by atoms with Crippen LogP contribution in [0.2, 0.25) is 5.02 Å². The lowest BCUT2D eigenvalue weighted by molar-refractivity contribution is 0.132. The average Bonchev–Trinajstić information content (AvgIpc) is 3.17. The van der Waals surface area contributed by atoms with E-state index in [9.17, 15) is 18.3 Å². The van der Waals surface area contributed by atoms with Crippen molar-refractivity contribution in [2.45, 2.75) is 25.5 Å². The maximum absolute atomic E-state index is 14.1. The third kappa shape index (κ3) is 4.00. The first-order valence-electron chi connectivity index (χ1n) is 10.7. The topological polar surface area (TPSA) is 91.1 Å². The Morgan fingerprint density at radius 2 is 1.88 bits per heavy atom. The zero-order chi connectivity index (χ0) is 24.1. The molecular weight excluding hydrogens is 467 g/mol. The number of aliphatic hydroxyl groups excluding tert-OH is 1. The second-order valence-corrected chi connectivity index (χ2v) is 8.88. The number of anilines is 1. The van der Waals surface area contributed by atoms with Crippen LogP contribution in [0, 0.1) is 24.4 Å². The second-order valence-electron chi connectivity index (χ2n) is 8.47. The SMILES string of the molecule is Cc1ncc(-c2cc(F)cc(F)c2)c(N2CC[C@@H](N)[C@@H](O)C2)c1-c1nc2cc(Cl)c(F)cc2[nH]1. The molecule has 2 aromatic heterocycles. The van der Waals surface area contributed by atoms with Crippen LogP contribution in [0.25, 0.3) is 33.5 Å². The van der Waals surface area contributed by atoms with Gasteiger partial charge < -0.3 is 20.7 Å². The van der Waals surface area contributed by atoms with Gasteiger partial charge in [-0.25, -0.2) is 18.2 Å². The van der Waals surface area contributed by atoms with E-state index in [4.69, 9.17) is 17.3 Å². The van der Waals surface area contributed by atoms with Crippen LogP contribution in [0.1, 0.15) is 12.1 Å². The van der Waals surface area contributed by atoms with Gasteiger partial charge in [0.15, 0.2) is 0 Å². The Morgan fingerprint density at radius 1 is 1.15 bits per heavy atom. The van der Waals surface area contributed by atoms with Gasteiger partial charge in [-0.2, -0.15) is 0 Å². The number of aromatic nitrogens is 3. The fourth-order valence-corrected chi connectivity index (χ4v) is 4.56. The number of fused-ring (bicyclic) bond motifs is 1. The van der Waals surface area contributed by atoms with Crippen molar-refractivity contribution in [1.82, 2.24) is 15.0 Å². The molecule has 1 saturated heterocycles. The van der Waals surface area contributed by atoms with E-state index in [0.717, 1.165) is 6.07 Å². The summed E-state index contributed by atoms with van der Waals surface area (Å²) in [6.45, 7) is 2.49. The van der Waals surface area contributed by atoms with Crippen molar-refractivity contribution in [2.24, 2.45) is 5.73 Å². The molecule has 1 fully saturated rings. The van der Waals surface area contributed by atoms with Crippen LogP contribution in [0.3, 0.4) is 0 Å². The zero-order valence-corrected chi connectivity index (χ0v) is 18.9. The molecule has 0 aliphatic carbocycles. The standard InChI is InChI=1S/C24H21ClF3N5O/c1-11-22(24-31-19-7-16(25)17(28)8-20(19)32-24)23(33-3-2-18(29)21(34)10-33)15(9-30-11)12-4-13(26)6-14(27)5-12/h4-9,18,21,34H,2-3,10,29H2,1H3,(H,31,32)/t18-,21+/m1/s1. The number of hydrogen-bond donors (Lipinski definition) is 3. The predicted octanol–water partition coefficient (Wildman–Crippen LogP) is 4.57. The summed E-state index contributed by atoms with van der Waals surface area (Å²) >= 11 is 5.93. The number of rotatable bonds is 3. The van der Waals surface area contributed by atoms with E-state index < -0.39 is 23.6 Å². The lowest BCUT2D eigenvalue weighted by Crippen LogP contribution is -2.51. The van der Waals surface area contributed by atoms with E-state index in [1.54, 1.807) is 13.1 Å². The lowest BCUT2D eigenvalue weighted by Gasteiger charge is -2.37. The monoisotopic (exact) mass is 487 g/mol. The number of aliphatic hydroxyl groups is 1. The average molecular weight is 488 g/mol. The number of nitrogens with one attached hydrogen (secondary N) is 1. The molecule has 2 atom stereocenters. The molecule has 0 bridgehead atoms. The van der Waals surface area contributed by atoms with Gasteiger partial charge in [0.1, 0.15) is 23.3 Å². The van der Waals surface area contributed by atoms with Crippen molar-refractivity contribution in [1.29, 1.82) is 0 Å². The summed E-state index contributed by atoms with van der Waals surface area (Å²) in [5.41, 5.74) is 9.40. The highest BCUT2D eigenvalue weighted by atomic mass is 35.5. The molecule has 3 heterocycles. The lowest BCUT2D eigenvalue weighted by atomic mass is 9.96. The minimum Gasteiger partial charge on any atom is -0.390 e. The van der Waals surface area contributed by atoms with Crippen LogP contribution < -0.4 is 10.6 Å². The van der Waals surface area contributed by atoms with Gasteiger partial charge in [0.25, 0.3) is 0 Å². The van der Waals surface area contributed by atoms with Crippen LogP contribution in [0.5, 0.6) is 0 Å². The quantitative estimate of drug-likeness (QED) is 0.394. The van der Waals surface area contributed by atoms with Crippen molar-refractivity contribution >= 4 is 28.3 Å². The number of halogens is 4. The minimum atomic E-state index is -0.796. The zero-order valence-electron chi connectivity index (χ0n) is 18.1. The molecule has 10 heteroatoms. The van der Waals surface area contributed by atoms with Crippen LogP contribution in [-0.4, -0.2) is 45.3 Å². The highest BCUT2D eigenvalue weighted by Crippen LogP contribution is 2.42. The van der Waals surface area contributed by atoms with Gasteiger partial charge in [0.2, 0.25) is 0 Å². The molecule has 0 spiro atoms. The number of hydrogen-bond acceptors (Lipinski definition) is 5. The number of nitrogens with zero attached hydrogens (tertiary/aromatic N) is 3. The molecule has 5 rings (SSSR count). The highest BCUT2D eigenvalue weighted by molar-refractivity contribution is 6.31. The first-order valence-corrected chi connectivity index (χ1v) is 11.1. The molecule has 0 radical (unpaired) electrons. The summed E-state index contributed by atoms with van der Waals surface area (Å²) in [7, 11) is 0. The minimum absolute atomic E-state index is 0.0576. The maximum atomic E-state index is 14.1. The first-order chi connectivity index (χ1) is 16.2. The Morgan fingerprint density at radius 3 is 2.59 bits per heavy atom.